The van der Waals surface area contributed by atoms with Crippen LogP contribution < -0.4 is 4.74 Å². The van der Waals surface area contributed by atoms with Crippen LogP contribution in [0.1, 0.15) is 25.5 Å². The van der Waals surface area contributed by atoms with E-state index in [0.717, 1.165) is 0 Å². The third kappa shape index (κ3) is 3.47. The van der Waals surface area contributed by atoms with Crippen molar-refractivity contribution in [3.8, 4) is 5.75 Å². The van der Waals surface area contributed by atoms with Crippen molar-refractivity contribution in [2.45, 2.75) is 26.1 Å². The number of rotatable bonds is 5. The molecule has 0 bridgehead atoms. The van der Waals surface area contributed by atoms with Crippen molar-refractivity contribution in [3.63, 3.8) is 0 Å². The van der Waals surface area contributed by atoms with Crippen molar-refractivity contribution in [2.24, 2.45) is 0 Å². The van der Waals surface area contributed by atoms with Crippen LogP contribution in [0.15, 0.2) is 18.2 Å². The van der Waals surface area contributed by atoms with Crippen molar-refractivity contribution in [1.29, 1.82) is 0 Å². The molecule has 2 atom stereocenters. The third-order valence-electron chi connectivity index (χ3n) is 2.30. The number of aliphatic hydroxyl groups excluding tert-OH is 1. The number of ether oxygens (including phenoxy) is 2. The van der Waals surface area contributed by atoms with E-state index in [4.69, 9.17) is 9.47 Å². The van der Waals surface area contributed by atoms with Crippen LogP contribution in [0.2, 0.25) is 0 Å². The second-order valence-electron chi connectivity index (χ2n) is 3.72. The van der Waals surface area contributed by atoms with E-state index in [2.05, 4.69) is 0 Å². The second-order valence-corrected chi connectivity index (χ2v) is 3.72. The average molecular weight is 228 g/mol. The van der Waals surface area contributed by atoms with Gasteiger partial charge < -0.3 is 14.6 Å². The van der Waals surface area contributed by atoms with Crippen molar-refractivity contribution >= 4 is 0 Å². The maximum atomic E-state index is 13.0. The summed E-state index contributed by atoms with van der Waals surface area (Å²) in [5.74, 6) is -0.0247. The summed E-state index contributed by atoms with van der Waals surface area (Å²) in [6.07, 6.45) is -0.765. The van der Waals surface area contributed by atoms with E-state index < -0.39 is 6.10 Å². The SMILES string of the molecule is COC(C)COc1cc(F)ccc1[C@@H](C)O. The number of hydrogen-bond acceptors (Lipinski definition) is 3. The normalized spacial score (nSPS) is 14.6. The van der Waals surface area contributed by atoms with Crippen LogP contribution in [0.3, 0.4) is 0 Å². The summed E-state index contributed by atoms with van der Waals surface area (Å²) in [5.41, 5.74) is 0.574. The molecule has 0 aromatic heterocycles. The maximum absolute atomic E-state index is 13.0. The highest BCUT2D eigenvalue weighted by Crippen LogP contribution is 2.26. The van der Waals surface area contributed by atoms with Crippen LogP contribution in [0, 0.1) is 5.82 Å². The predicted molar refractivity (Wildman–Crippen MR) is 59.0 cm³/mol. The average Bonchev–Trinajstić information content (AvgIpc) is 2.25. The van der Waals surface area contributed by atoms with E-state index in [0.29, 0.717) is 17.9 Å². The molecule has 0 heterocycles. The monoisotopic (exact) mass is 228 g/mol. The van der Waals surface area contributed by atoms with Gasteiger partial charge in [0.25, 0.3) is 0 Å². The molecule has 0 aliphatic rings. The number of benzene rings is 1. The Morgan fingerprint density at radius 1 is 1.38 bits per heavy atom. The van der Waals surface area contributed by atoms with E-state index in [9.17, 15) is 9.50 Å². The molecule has 0 radical (unpaired) electrons. The summed E-state index contributed by atoms with van der Waals surface area (Å²) in [6, 6.07) is 4.09. The van der Waals surface area contributed by atoms with Gasteiger partial charge in [0, 0.05) is 18.7 Å². The zero-order valence-corrected chi connectivity index (χ0v) is 9.74. The van der Waals surface area contributed by atoms with E-state index in [1.807, 2.05) is 6.92 Å². The molecule has 16 heavy (non-hydrogen) atoms. The van der Waals surface area contributed by atoms with Gasteiger partial charge in [0.05, 0.1) is 12.2 Å². The topological polar surface area (TPSA) is 38.7 Å². The summed E-state index contributed by atoms with van der Waals surface area (Å²) < 4.78 is 23.5. The summed E-state index contributed by atoms with van der Waals surface area (Å²) in [5, 5.41) is 9.48. The molecule has 0 aliphatic carbocycles. The fraction of sp³-hybridized carbons (Fsp3) is 0.500. The zero-order chi connectivity index (χ0) is 12.1. The largest absolute Gasteiger partial charge is 0.490 e. The minimum atomic E-state index is -0.687. The second kappa shape index (κ2) is 5.82. The van der Waals surface area contributed by atoms with Crippen LogP contribution in [-0.2, 0) is 4.74 Å². The molecule has 1 unspecified atom stereocenters. The molecule has 1 rings (SSSR count). The highest BCUT2D eigenvalue weighted by Gasteiger charge is 2.11. The lowest BCUT2D eigenvalue weighted by Gasteiger charge is -2.16. The van der Waals surface area contributed by atoms with Gasteiger partial charge in [-0.1, -0.05) is 0 Å². The third-order valence-corrected chi connectivity index (χ3v) is 2.30. The predicted octanol–water partition coefficient (Wildman–Crippen LogP) is 2.29. The Morgan fingerprint density at radius 2 is 2.06 bits per heavy atom. The van der Waals surface area contributed by atoms with Gasteiger partial charge in [-0.3, -0.25) is 0 Å². The zero-order valence-electron chi connectivity index (χ0n) is 9.74. The smallest absolute Gasteiger partial charge is 0.128 e. The number of methoxy groups -OCH3 is 1. The van der Waals surface area contributed by atoms with Gasteiger partial charge in [0.1, 0.15) is 18.2 Å². The Balaban J connectivity index is 2.80. The Kier molecular flexibility index (Phi) is 4.71. The fourth-order valence-electron chi connectivity index (χ4n) is 1.25. The van der Waals surface area contributed by atoms with Crippen molar-refractivity contribution in [2.75, 3.05) is 13.7 Å². The molecule has 1 aromatic rings. The molecule has 0 spiro atoms. The van der Waals surface area contributed by atoms with E-state index in [-0.39, 0.29) is 11.9 Å². The highest BCUT2D eigenvalue weighted by molar-refractivity contribution is 5.35. The van der Waals surface area contributed by atoms with Crippen LogP contribution in [0.4, 0.5) is 4.39 Å². The number of hydrogen-bond donors (Lipinski definition) is 1. The first kappa shape index (κ1) is 12.9. The molecular weight excluding hydrogens is 211 g/mol. The molecule has 0 amide bonds. The molecule has 3 nitrogen and oxygen atoms in total. The molecule has 0 aliphatic heterocycles. The fourth-order valence-corrected chi connectivity index (χ4v) is 1.25. The van der Waals surface area contributed by atoms with Gasteiger partial charge in [-0.25, -0.2) is 4.39 Å². The number of aliphatic hydroxyl groups is 1. The van der Waals surface area contributed by atoms with E-state index in [1.54, 1.807) is 14.0 Å². The van der Waals surface area contributed by atoms with Gasteiger partial charge >= 0.3 is 0 Å². The maximum Gasteiger partial charge on any atom is 0.128 e. The van der Waals surface area contributed by atoms with E-state index in [1.165, 1.54) is 18.2 Å². The first-order valence-electron chi connectivity index (χ1n) is 5.17. The van der Waals surface area contributed by atoms with Gasteiger partial charge in [0.2, 0.25) is 0 Å². The van der Waals surface area contributed by atoms with Gasteiger partial charge in [-0.05, 0) is 26.0 Å². The first-order valence-corrected chi connectivity index (χ1v) is 5.17. The van der Waals surface area contributed by atoms with Crippen molar-refractivity contribution < 1.29 is 19.0 Å². The Morgan fingerprint density at radius 3 is 2.62 bits per heavy atom. The van der Waals surface area contributed by atoms with Gasteiger partial charge in [-0.2, -0.15) is 0 Å². The lowest BCUT2D eigenvalue weighted by molar-refractivity contribution is 0.0698. The highest BCUT2D eigenvalue weighted by atomic mass is 19.1. The minimum Gasteiger partial charge on any atom is -0.490 e. The lowest BCUT2D eigenvalue weighted by atomic mass is 10.1. The molecule has 1 aromatic carbocycles. The quantitative estimate of drug-likeness (QED) is 0.840. The Hall–Kier alpha value is -1.13. The first-order chi connectivity index (χ1) is 7.54. The van der Waals surface area contributed by atoms with Crippen LogP contribution in [0.25, 0.3) is 0 Å². The van der Waals surface area contributed by atoms with Crippen LogP contribution >= 0.6 is 0 Å². The van der Waals surface area contributed by atoms with E-state index >= 15 is 0 Å². The van der Waals surface area contributed by atoms with Crippen molar-refractivity contribution in [1.82, 2.24) is 0 Å². The standard InChI is InChI=1S/C12H17FO3/c1-8(15-3)7-16-12-6-10(13)4-5-11(12)9(2)14/h4-6,8-9,14H,7H2,1-3H3/t8?,9-/m1/s1. The molecule has 0 saturated heterocycles. The summed E-state index contributed by atoms with van der Waals surface area (Å²) >= 11 is 0. The summed E-state index contributed by atoms with van der Waals surface area (Å²) in [7, 11) is 1.58. The molecular formula is C12H17FO3. The van der Waals surface area contributed by atoms with Crippen LogP contribution in [0.5, 0.6) is 5.75 Å². The molecule has 0 saturated carbocycles. The minimum absolute atomic E-state index is 0.0786. The molecule has 4 heteroatoms. The molecule has 90 valence electrons. The summed E-state index contributed by atoms with van der Waals surface area (Å²) in [6.45, 7) is 3.78. The summed E-state index contributed by atoms with van der Waals surface area (Å²) in [4.78, 5) is 0. The molecule has 1 N–H and O–H groups in total. The Bertz CT molecular complexity index is 339. The lowest BCUT2D eigenvalue weighted by Crippen LogP contribution is -2.16. The number of halogens is 1. The van der Waals surface area contributed by atoms with Crippen molar-refractivity contribution in [3.05, 3.63) is 29.6 Å². The molecule has 0 fully saturated rings. The van der Waals surface area contributed by atoms with Gasteiger partial charge in [0.15, 0.2) is 0 Å². The Labute approximate surface area is 94.8 Å². The van der Waals surface area contributed by atoms with Crippen LogP contribution in [-0.4, -0.2) is 24.9 Å². The van der Waals surface area contributed by atoms with Gasteiger partial charge in [-0.15, -0.1) is 0 Å².